The summed E-state index contributed by atoms with van der Waals surface area (Å²) >= 11 is 5.95. The van der Waals surface area contributed by atoms with Gasteiger partial charge in [-0.1, -0.05) is 23.7 Å². The number of carbonyl (C=O) groups is 1. The van der Waals surface area contributed by atoms with E-state index in [2.05, 4.69) is 5.32 Å². The van der Waals surface area contributed by atoms with Crippen LogP contribution in [-0.2, 0) is 6.42 Å². The highest BCUT2D eigenvalue weighted by molar-refractivity contribution is 6.30. The van der Waals surface area contributed by atoms with Crippen LogP contribution in [0.15, 0.2) is 36.4 Å². The number of aromatic hydroxyl groups is 1. The highest BCUT2D eigenvalue weighted by Gasteiger charge is 2.25. The zero-order valence-electron chi connectivity index (χ0n) is 11.1. The number of phenols is 1. The Kier molecular flexibility index (Phi) is 3.55. The average molecular weight is 306 g/mol. The Balaban J connectivity index is 1.83. The highest BCUT2D eigenvalue weighted by atomic mass is 35.5. The van der Waals surface area contributed by atoms with E-state index in [1.807, 2.05) is 12.1 Å². The number of benzene rings is 2. The van der Waals surface area contributed by atoms with E-state index in [1.54, 1.807) is 6.07 Å². The van der Waals surface area contributed by atoms with E-state index in [4.69, 9.17) is 11.6 Å². The quantitative estimate of drug-likeness (QED) is 0.890. The van der Waals surface area contributed by atoms with Crippen LogP contribution < -0.4 is 5.32 Å². The monoisotopic (exact) mass is 305 g/mol. The molecular formula is C16H13ClFNO2. The molecule has 0 spiro atoms. The number of halogens is 2. The third-order valence-electron chi connectivity index (χ3n) is 3.72. The minimum atomic E-state index is -0.804. The molecule has 0 saturated heterocycles. The maximum atomic E-state index is 13.3. The number of phenolic OH excluding ortho intramolecular Hbond substituents is 1. The van der Waals surface area contributed by atoms with Gasteiger partial charge in [0.2, 0.25) is 0 Å². The molecule has 0 aromatic heterocycles. The first-order valence-electron chi connectivity index (χ1n) is 6.63. The molecule has 21 heavy (non-hydrogen) atoms. The smallest absolute Gasteiger partial charge is 0.255 e. The molecule has 0 fully saturated rings. The van der Waals surface area contributed by atoms with Crippen molar-refractivity contribution in [2.24, 2.45) is 0 Å². The summed E-state index contributed by atoms with van der Waals surface area (Å²) in [5.74, 6) is -1.91. The van der Waals surface area contributed by atoms with Gasteiger partial charge >= 0.3 is 0 Å². The Morgan fingerprint density at radius 1 is 1.33 bits per heavy atom. The largest absolute Gasteiger partial charge is 0.504 e. The van der Waals surface area contributed by atoms with Crippen LogP contribution in [0.4, 0.5) is 4.39 Å². The summed E-state index contributed by atoms with van der Waals surface area (Å²) in [5.41, 5.74) is 2.07. The van der Waals surface area contributed by atoms with Crippen molar-refractivity contribution >= 4 is 17.5 Å². The van der Waals surface area contributed by atoms with Gasteiger partial charge in [0.1, 0.15) is 0 Å². The number of para-hydroxylation sites is 1. The number of rotatable bonds is 2. The first-order valence-corrected chi connectivity index (χ1v) is 7.00. The summed E-state index contributed by atoms with van der Waals surface area (Å²) in [6, 6.07) is 9.32. The first kappa shape index (κ1) is 13.9. The number of nitrogens with one attached hydrogen (secondary N) is 1. The van der Waals surface area contributed by atoms with Crippen LogP contribution in [0.25, 0.3) is 0 Å². The molecule has 3 rings (SSSR count). The standard InChI is InChI=1S/C16H13ClFNO2/c17-10-5-6-11-9(8-10)4-7-14(11)19-16(21)12-2-1-3-13(18)15(12)20/h1-3,5-6,8,14,20H,4,7H2,(H,19,21)/t14-/m1/s1. The van der Waals surface area contributed by atoms with Gasteiger partial charge in [-0.15, -0.1) is 0 Å². The van der Waals surface area contributed by atoms with Crippen molar-refractivity contribution in [2.75, 3.05) is 0 Å². The fourth-order valence-electron chi connectivity index (χ4n) is 2.67. The normalized spacial score (nSPS) is 16.6. The van der Waals surface area contributed by atoms with Gasteiger partial charge in [-0.2, -0.15) is 0 Å². The van der Waals surface area contributed by atoms with Crippen molar-refractivity contribution in [3.63, 3.8) is 0 Å². The number of hydrogen-bond acceptors (Lipinski definition) is 2. The lowest BCUT2D eigenvalue weighted by molar-refractivity contribution is 0.0933. The Bertz CT molecular complexity index is 717. The molecule has 0 unspecified atom stereocenters. The SMILES string of the molecule is O=C(N[C@@H]1CCc2cc(Cl)ccc21)c1cccc(F)c1O. The number of aryl methyl sites for hydroxylation is 1. The van der Waals surface area contributed by atoms with Crippen LogP contribution in [0.1, 0.15) is 33.9 Å². The van der Waals surface area contributed by atoms with Crippen LogP contribution in [0, 0.1) is 5.82 Å². The molecule has 2 aromatic carbocycles. The first-order chi connectivity index (χ1) is 10.1. The molecule has 5 heteroatoms. The second-order valence-corrected chi connectivity index (χ2v) is 5.48. The molecule has 0 aliphatic heterocycles. The molecule has 108 valence electrons. The van der Waals surface area contributed by atoms with Crippen molar-refractivity contribution in [1.29, 1.82) is 0 Å². The maximum Gasteiger partial charge on any atom is 0.255 e. The Morgan fingerprint density at radius 2 is 2.14 bits per heavy atom. The van der Waals surface area contributed by atoms with Crippen molar-refractivity contribution in [3.8, 4) is 5.75 Å². The molecule has 1 aliphatic carbocycles. The minimum Gasteiger partial charge on any atom is -0.504 e. The molecule has 2 aromatic rings. The minimum absolute atomic E-state index is 0.0580. The van der Waals surface area contributed by atoms with Gasteiger partial charge in [0.05, 0.1) is 11.6 Å². The lowest BCUT2D eigenvalue weighted by Crippen LogP contribution is -2.27. The van der Waals surface area contributed by atoms with E-state index in [0.29, 0.717) is 5.02 Å². The van der Waals surface area contributed by atoms with Gasteiger partial charge in [0.15, 0.2) is 11.6 Å². The lowest BCUT2D eigenvalue weighted by atomic mass is 10.1. The van der Waals surface area contributed by atoms with Crippen LogP contribution in [0.5, 0.6) is 5.75 Å². The number of carbonyl (C=O) groups excluding carboxylic acids is 1. The van der Waals surface area contributed by atoms with E-state index in [-0.39, 0.29) is 11.6 Å². The van der Waals surface area contributed by atoms with Crippen LogP contribution >= 0.6 is 11.6 Å². The fourth-order valence-corrected chi connectivity index (χ4v) is 2.87. The highest BCUT2D eigenvalue weighted by Crippen LogP contribution is 2.33. The van der Waals surface area contributed by atoms with Gasteiger partial charge in [-0.05, 0) is 48.2 Å². The number of amides is 1. The van der Waals surface area contributed by atoms with Gasteiger partial charge in [-0.25, -0.2) is 4.39 Å². The summed E-state index contributed by atoms with van der Waals surface area (Å²) in [6.45, 7) is 0. The summed E-state index contributed by atoms with van der Waals surface area (Å²) in [7, 11) is 0. The number of fused-ring (bicyclic) bond motifs is 1. The third kappa shape index (κ3) is 2.59. The van der Waals surface area contributed by atoms with Crippen LogP contribution in [-0.4, -0.2) is 11.0 Å². The van der Waals surface area contributed by atoms with Crippen molar-refractivity contribution in [3.05, 3.63) is 63.9 Å². The number of hydrogen-bond donors (Lipinski definition) is 2. The molecule has 1 atom stereocenters. The van der Waals surface area contributed by atoms with Crippen LogP contribution in [0.3, 0.4) is 0 Å². The molecular weight excluding hydrogens is 293 g/mol. The van der Waals surface area contributed by atoms with E-state index in [9.17, 15) is 14.3 Å². The molecule has 0 saturated carbocycles. The van der Waals surface area contributed by atoms with E-state index in [1.165, 1.54) is 12.1 Å². The van der Waals surface area contributed by atoms with E-state index >= 15 is 0 Å². The molecule has 2 N–H and O–H groups in total. The molecule has 1 aliphatic rings. The van der Waals surface area contributed by atoms with Gasteiger partial charge in [-0.3, -0.25) is 4.79 Å². The van der Waals surface area contributed by atoms with Gasteiger partial charge in [0, 0.05) is 5.02 Å². The Hall–Kier alpha value is -2.07. The van der Waals surface area contributed by atoms with Crippen molar-refractivity contribution in [2.45, 2.75) is 18.9 Å². The van der Waals surface area contributed by atoms with Crippen molar-refractivity contribution < 1.29 is 14.3 Å². The lowest BCUT2D eigenvalue weighted by Gasteiger charge is -2.15. The van der Waals surface area contributed by atoms with Crippen LogP contribution in [0.2, 0.25) is 5.02 Å². The predicted molar refractivity (Wildman–Crippen MR) is 78.0 cm³/mol. The molecule has 0 bridgehead atoms. The summed E-state index contributed by atoms with van der Waals surface area (Å²) in [6.07, 6.45) is 1.59. The van der Waals surface area contributed by atoms with Gasteiger partial charge in [0.25, 0.3) is 5.91 Å². The summed E-state index contributed by atoms with van der Waals surface area (Å²) in [5, 5.41) is 13.1. The Morgan fingerprint density at radius 3 is 2.95 bits per heavy atom. The van der Waals surface area contributed by atoms with Gasteiger partial charge < -0.3 is 10.4 Å². The Labute approximate surface area is 126 Å². The van der Waals surface area contributed by atoms with Crippen molar-refractivity contribution in [1.82, 2.24) is 5.32 Å². The van der Waals surface area contributed by atoms with E-state index < -0.39 is 17.5 Å². The molecule has 3 nitrogen and oxygen atoms in total. The average Bonchev–Trinajstić information content (AvgIpc) is 2.84. The maximum absolute atomic E-state index is 13.3. The predicted octanol–water partition coefficient (Wildman–Crippen LogP) is 3.60. The summed E-state index contributed by atoms with van der Waals surface area (Å²) < 4.78 is 13.3. The molecule has 1 amide bonds. The fraction of sp³-hybridized carbons (Fsp3) is 0.188. The molecule has 0 heterocycles. The zero-order valence-corrected chi connectivity index (χ0v) is 11.8. The summed E-state index contributed by atoms with van der Waals surface area (Å²) in [4.78, 5) is 12.2. The topological polar surface area (TPSA) is 49.3 Å². The second-order valence-electron chi connectivity index (χ2n) is 5.04. The molecule has 0 radical (unpaired) electrons. The van der Waals surface area contributed by atoms with E-state index in [0.717, 1.165) is 30.0 Å². The zero-order chi connectivity index (χ0) is 15.0. The third-order valence-corrected chi connectivity index (χ3v) is 3.95. The second kappa shape index (κ2) is 5.37.